The average molecular weight is 344 g/mol. The topological polar surface area (TPSA) is 71.1 Å². The fourth-order valence-electron chi connectivity index (χ4n) is 3.71. The minimum absolute atomic E-state index is 0.178. The molecule has 1 fully saturated rings. The van der Waals surface area contributed by atoms with Crippen molar-refractivity contribution in [2.75, 3.05) is 13.4 Å². The van der Waals surface area contributed by atoms with Crippen LogP contribution in [-0.2, 0) is 25.5 Å². The van der Waals surface area contributed by atoms with Crippen LogP contribution >= 0.6 is 0 Å². The molecule has 1 saturated heterocycles. The summed E-state index contributed by atoms with van der Waals surface area (Å²) in [6.45, 7) is 3.96. The summed E-state index contributed by atoms with van der Waals surface area (Å²) in [7, 11) is 0. The molecule has 2 heterocycles. The fraction of sp³-hybridized carbons (Fsp3) is 0.474. The average Bonchev–Trinajstić information content (AvgIpc) is 3.18. The first kappa shape index (κ1) is 16.0. The highest BCUT2D eigenvalue weighted by molar-refractivity contribution is 5.88. The second-order valence-corrected chi connectivity index (χ2v) is 6.64. The van der Waals surface area contributed by atoms with Gasteiger partial charge in [-0.1, -0.05) is 6.08 Å². The standard InChI is InChI=1S/C19H20O6/c1-3-10(2)18(20)25-17-13-7-16-15(23-9-24-16)6-11(13)4-5-12-14(17)8-22-19(12)21/h3,6-7,12,14,17H,4-5,8-9H2,1-2H3/b10-3-/t12-,14+,17+/m1/s1. The molecule has 1 aliphatic carbocycles. The van der Waals surface area contributed by atoms with E-state index < -0.39 is 6.10 Å². The number of hydrogen-bond donors (Lipinski definition) is 0. The van der Waals surface area contributed by atoms with E-state index in [0.717, 1.165) is 11.1 Å². The molecule has 0 aromatic heterocycles. The van der Waals surface area contributed by atoms with E-state index in [1.165, 1.54) is 0 Å². The van der Waals surface area contributed by atoms with Crippen LogP contribution in [0, 0.1) is 11.8 Å². The first-order valence-corrected chi connectivity index (χ1v) is 8.51. The quantitative estimate of drug-likeness (QED) is 0.607. The van der Waals surface area contributed by atoms with Crippen molar-refractivity contribution in [1.82, 2.24) is 0 Å². The molecule has 0 spiro atoms. The first-order valence-electron chi connectivity index (χ1n) is 8.51. The van der Waals surface area contributed by atoms with Crippen molar-refractivity contribution in [1.29, 1.82) is 0 Å². The van der Waals surface area contributed by atoms with Gasteiger partial charge in [-0.15, -0.1) is 0 Å². The summed E-state index contributed by atoms with van der Waals surface area (Å²) in [5.41, 5.74) is 2.45. The summed E-state index contributed by atoms with van der Waals surface area (Å²) in [5, 5.41) is 0. The van der Waals surface area contributed by atoms with Gasteiger partial charge in [0.15, 0.2) is 11.5 Å². The highest BCUT2D eigenvalue weighted by Crippen LogP contribution is 2.47. The fourth-order valence-corrected chi connectivity index (χ4v) is 3.71. The molecule has 0 radical (unpaired) electrons. The number of aryl methyl sites for hydroxylation is 1. The molecule has 0 bridgehead atoms. The molecule has 1 aromatic carbocycles. The summed E-state index contributed by atoms with van der Waals surface area (Å²) in [5.74, 6) is 0.322. The van der Waals surface area contributed by atoms with Crippen LogP contribution in [0.3, 0.4) is 0 Å². The van der Waals surface area contributed by atoms with Gasteiger partial charge < -0.3 is 18.9 Å². The number of esters is 2. The van der Waals surface area contributed by atoms with E-state index in [4.69, 9.17) is 18.9 Å². The maximum atomic E-state index is 12.4. The van der Waals surface area contributed by atoms with E-state index in [1.54, 1.807) is 19.9 Å². The van der Waals surface area contributed by atoms with Crippen LogP contribution in [0.25, 0.3) is 0 Å². The van der Waals surface area contributed by atoms with Gasteiger partial charge in [-0.25, -0.2) is 4.79 Å². The molecular formula is C19H20O6. The Morgan fingerprint density at radius 3 is 2.76 bits per heavy atom. The summed E-state index contributed by atoms with van der Waals surface area (Å²) >= 11 is 0. The molecule has 3 aliphatic rings. The van der Waals surface area contributed by atoms with Crippen LogP contribution in [0.5, 0.6) is 11.5 Å². The van der Waals surface area contributed by atoms with Crippen molar-refractivity contribution in [3.63, 3.8) is 0 Å². The zero-order valence-electron chi connectivity index (χ0n) is 14.2. The highest BCUT2D eigenvalue weighted by atomic mass is 16.7. The Balaban J connectivity index is 1.76. The van der Waals surface area contributed by atoms with Crippen LogP contribution in [0.2, 0.25) is 0 Å². The van der Waals surface area contributed by atoms with Crippen molar-refractivity contribution in [3.05, 3.63) is 34.9 Å². The molecule has 2 aliphatic heterocycles. The van der Waals surface area contributed by atoms with E-state index in [-0.39, 0.29) is 37.2 Å². The largest absolute Gasteiger partial charge is 0.465 e. The molecule has 3 atom stereocenters. The van der Waals surface area contributed by atoms with Gasteiger partial charge in [0.25, 0.3) is 0 Å². The Kier molecular flexibility index (Phi) is 3.90. The number of ether oxygens (including phenoxy) is 4. The lowest BCUT2D eigenvalue weighted by Crippen LogP contribution is -2.25. The lowest BCUT2D eigenvalue weighted by molar-refractivity contribution is -0.148. The Bertz CT molecular complexity index is 765. The lowest BCUT2D eigenvalue weighted by atomic mass is 9.87. The van der Waals surface area contributed by atoms with Gasteiger partial charge >= 0.3 is 11.9 Å². The molecule has 0 amide bonds. The number of hydrogen-bond acceptors (Lipinski definition) is 6. The van der Waals surface area contributed by atoms with Gasteiger partial charge in [-0.05, 0) is 44.4 Å². The normalized spacial score (nSPS) is 27.2. The van der Waals surface area contributed by atoms with E-state index >= 15 is 0 Å². The van der Waals surface area contributed by atoms with Gasteiger partial charge in [-0.2, -0.15) is 0 Å². The molecular weight excluding hydrogens is 324 g/mol. The molecule has 4 rings (SSSR count). The first-order chi connectivity index (χ1) is 12.1. The number of fused-ring (bicyclic) bond motifs is 3. The van der Waals surface area contributed by atoms with Crippen LogP contribution in [0.4, 0.5) is 0 Å². The molecule has 6 heteroatoms. The summed E-state index contributed by atoms with van der Waals surface area (Å²) in [6.07, 6.45) is 2.56. The van der Waals surface area contributed by atoms with E-state index in [2.05, 4.69) is 0 Å². The van der Waals surface area contributed by atoms with Crippen molar-refractivity contribution in [2.45, 2.75) is 32.8 Å². The molecule has 25 heavy (non-hydrogen) atoms. The minimum Gasteiger partial charge on any atom is -0.465 e. The van der Waals surface area contributed by atoms with Gasteiger partial charge in [0.1, 0.15) is 6.10 Å². The Morgan fingerprint density at radius 2 is 2.00 bits per heavy atom. The van der Waals surface area contributed by atoms with E-state index in [1.807, 2.05) is 12.1 Å². The third-order valence-electron chi connectivity index (χ3n) is 5.28. The zero-order chi connectivity index (χ0) is 17.6. The number of carbonyl (C=O) groups excluding carboxylic acids is 2. The van der Waals surface area contributed by atoms with Gasteiger partial charge in [0.05, 0.1) is 12.5 Å². The maximum absolute atomic E-state index is 12.4. The number of rotatable bonds is 2. The summed E-state index contributed by atoms with van der Waals surface area (Å²) < 4.78 is 22.0. The summed E-state index contributed by atoms with van der Waals surface area (Å²) in [4.78, 5) is 24.5. The number of allylic oxidation sites excluding steroid dienone is 1. The minimum atomic E-state index is -0.536. The van der Waals surface area contributed by atoms with E-state index in [9.17, 15) is 9.59 Å². The second kappa shape index (κ2) is 6.10. The van der Waals surface area contributed by atoms with Crippen LogP contribution < -0.4 is 9.47 Å². The predicted octanol–water partition coefficient (Wildman–Crippen LogP) is 2.70. The molecule has 132 valence electrons. The lowest BCUT2D eigenvalue weighted by Gasteiger charge is -2.25. The monoisotopic (exact) mass is 344 g/mol. The zero-order valence-corrected chi connectivity index (χ0v) is 14.2. The SMILES string of the molecule is C/C=C(/C)C(=O)O[C@H]1c2cc3c(cc2CC[C@H]2C(=O)OC[C@@H]21)OCO3. The molecule has 0 N–H and O–H groups in total. The van der Waals surface area contributed by atoms with Gasteiger partial charge in [0.2, 0.25) is 6.79 Å². The van der Waals surface area contributed by atoms with Gasteiger partial charge in [0, 0.05) is 17.1 Å². The smallest absolute Gasteiger partial charge is 0.333 e. The second-order valence-electron chi connectivity index (χ2n) is 6.64. The van der Waals surface area contributed by atoms with Crippen LogP contribution in [0.15, 0.2) is 23.8 Å². The van der Waals surface area contributed by atoms with Gasteiger partial charge in [-0.3, -0.25) is 4.79 Å². The highest BCUT2D eigenvalue weighted by Gasteiger charge is 2.46. The predicted molar refractivity (Wildman–Crippen MR) is 87.1 cm³/mol. The van der Waals surface area contributed by atoms with E-state index in [0.29, 0.717) is 29.9 Å². The molecule has 6 nitrogen and oxygen atoms in total. The van der Waals surface area contributed by atoms with Crippen LogP contribution in [0.1, 0.15) is 37.5 Å². The third kappa shape index (κ3) is 2.65. The van der Waals surface area contributed by atoms with Crippen molar-refractivity contribution < 1.29 is 28.5 Å². The number of cyclic esters (lactones) is 1. The summed E-state index contributed by atoms with van der Waals surface area (Å²) in [6, 6.07) is 3.82. The van der Waals surface area contributed by atoms with Crippen LogP contribution in [-0.4, -0.2) is 25.3 Å². The number of benzene rings is 1. The van der Waals surface area contributed by atoms with Crippen molar-refractivity contribution in [3.8, 4) is 11.5 Å². The molecule has 0 unspecified atom stereocenters. The van der Waals surface area contributed by atoms with Crippen molar-refractivity contribution in [2.24, 2.45) is 11.8 Å². The Hall–Kier alpha value is -2.50. The Labute approximate surface area is 145 Å². The molecule has 0 saturated carbocycles. The molecule has 1 aromatic rings. The number of carbonyl (C=O) groups is 2. The Morgan fingerprint density at radius 1 is 1.24 bits per heavy atom. The van der Waals surface area contributed by atoms with Crippen molar-refractivity contribution >= 4 is 11.9 Å². The third-order valence-corrected chi connectivity index (χ3v) is 5.28. The maximum Gasteiger partial charge on any atom is 0.333 e.